The van der Waals surface area contributed by atoms with Gasteiger partial charge in [0, 0.05) is 36.4 Å². The van der Waals surface area contributed by atoms with Crippen LogP contribution in [0.4, 0.5) is 5.69 Å². The summed E-state index contributed by atoms with van der Waals surface area (Å²) in [6.45, 7) is 1.46. The van der Waals surface area contributed by atoms with Crippen molar-refractivity contribution >= 4 is 29.9 Å². The predicted octanol–water partition coefficient (Wildman–Crippen LogP) is 2.96. The molecule has 162 valence electrons. The molecule has 2 amide bonds. The third-order valence-corrected chi connectivity index (χ3v) is 4.90. The summed E-state index contributed by atoms with van der Waals surface area (Å²) in [5.74, 6) is 0.963. The number of anilines is 1. The second-order valence-corrected chi connectivity index (χ2v) is 6.95. The predicted molar refractivity (Wildman–Crippen MR) is 119 cm³/mol. The first-order chi connectivity index (χ1) is 14.1. The molecule has 1 atom stereocenters. The summed E-state index contributed by atoms with van der Waals surface area (Å²) in [5.41, 5.74) is 1.27. The lowest BCUT2D eigenvalue weighted by molar-refractivity contribution is -0.118. The Balaban J connectivity index is 0.00000320. The van der Waals surface area contributed by atoms with E-state index in [1.165, 1.54) is 0 Å². The Morgan fingerprint density at radius 1 is 1.13 bits per heavy atom. The highest BCUT2D eigenvalue weighted by Gasteiger charge is 2.28. The van der Waals surface area contributed by atoms with E-state index in [4.69, 9.17) is 9.47 Å². The summed E-state index contributed by atoms with van der Waals surface area (Å²) in [6, 6.07) is 14.3. The molecule has 2 N–H and O–H groups in total. The summed E-state index contributed by atoms with van der Waals surface area (Å²) >= 11 is 0. The molecule has 2 aromatic rings. The average Bonchev–Trinajstić information content (AvgIpc) is 3.21. The van der Waals surface area contributed by atoms with Crippen LogP contribution < -0.4 is 20.1 Å². The fourth-order valence-electron chi connectivity index (χ4n) is 3.46. The number of methoxy groups -OCH3 is 1. The number of likely N-dealkylation sites (N-methyl/N-ethyl adjacent to an activating group) is 1. The molecule has 7 nitrogen and oxygen atoms in total. The number of likely N-dealkylation sites (tertiary alicyclic amines) is 1. The molecular weight excluding hydrogens is 406 g/mol. The van der Waals surface area contributed by atoms with Crippen molar-refractivity contribution in [3.05, 3.63) is 54.1 Å². The summed E-state index contributed by atoms with van der Waals surface area (Å²) in [6.07, 6.45) is 2.05. The van der Waals surface area contributed by atoms with Crippen molar-refractivity contribution in [2.75, 3.05) is 39.2 Å². The molecule has 2 aromatic carbocycles. The molecule has 1 saturated heterocycles. The Kier molecular flexibility index (Phi) is 8.95. The van der Waals surface area contributed by atoms with Crippen molar-refractivity contribution in [3.63, 3.8) is 0 Å². The van der Waals surface area contributed by atoms with Crippen molar-refractivity contribution in [2.45, 2.75) is 18.9 Å². The van der Waals surface area contributed by atoms with Crippen LogP contribution in [0, 0.1) is 0 Å². The first kappa shape index (κ1) is 23.5. The van der Waals surface area contributed by atoms with Gasteiger partial charge in [0.2, 0.25) is 0 Å². The van der Waals surface area contributed by atoms with Gasteiger partial charge in [0.25, 0.3) is 11.8 Å². The second-order valence-electron chi connectivity index (χ2n) is 6.95. The Bertz CT molecular complexity index is 845. The maximum Gasteiger partial charge on any atom is 0.262 e. The Hall–Kier alpha value is -2.77. The molecule has 8 heteroatoms. The number of ether oxygens (including phenoxy) is 2. The van der Waals surface area contributed by atoms with Crippen LogP contribution >= 0.6 is 12.4 Å². The van der Waals surface area contributed by atoms with Crippen LogP contribution in [0.1, 0.15) is 23.2 Å². The molecule has 0 bridgehead atoms. The first-order valence-electron chi connectivity index (χ1n) is 9.73. The lowest BCUT2D eigenvalue weighted by Gasteiger charge is -2.24. The van der Waals surface area contributed by atoms with Gasteiger partial charge in [-0.15, -0.1) is 12.4 Å². The lowest BCUT2D eigenvalue weighted by Crippen LogP contribution is -2.40. The van der Waals surface area contributed by atoms with Crippen molar-refractivity contribution in [3.8, 4) is 11.5 Å². The fourth-order valence-corrected chi connectivity index (χ4v) is 3.46. The quantitative estimate of drug-likeness (QED) is 0.669. The van der Waals surface area contributed by atoms with E-state index in [9.17, 15) is 9.59 Å². The van der Waals surface area contributed by atoms with Crippen molar-refractivity contribution in [1.29, 1.82) is 0 Å². The van der Waals surface area contributed by atoms with E-state index >= 15 is 0 Å². The molecule has 1 aliphatic rings. The molecule has 1 heterocycles. The van der Waals surface area contributed by atoms with Crippen LogP contribution in [-0.4, -0.2) is 56.6 Å². The van der Waals surface area contributed by atoms with Gasteiger partial charge in [0.1, 0.15) is 11.5 Å². The molecule has 30 heavy (non-hydrogen) atoms. The van der Waals surface area contributed by atoms with Gasteiger partial charge in [0.05, 0.1) is 7.11 Å². The maximum atomic E-state index is 12.7. The maximum absolute atomic E-state index is 12.7. The molecule has 0 aromatic heterocycles. The minimum Gasteiger partial charge on any atom is -0.497 e. The molecule has 0 aliphatic carbocycles. The van der Waals surface area contributed by atoms with Gasteiger partial charge in [-0.25, -0.2) is 0 Å². The van der Waals surface area contributed by atoms with Crippen molar-refractivity contribution < 1.29 is 19.1 Å². The van der Waals surface area contributed by atoms with Gasteiger partial charge >= 0.3 is 0 Å². The number of nitrogens with one attached hydrogen (secondary N) is 2. The molecule has 1 unspecified atom stereocenters. The number of amides is 2. The summed E-state index contributed by atoms with van der Waals surface area (Å²) in [5, 5.41) is 5.91. The SMILES string of the molecule is CNCC1CCCN1C(=O)c1ccc(OCC(=O)Nc2cccc(OC)c2)cc1.Cl. The molecular formula is C22H28ClN3O4. The van der Waals surface area contributed by atoms with Gasteiger partial charge < -0.3 is 25.0 Å². The van der Waals surface area contributed by atoms with Crippen LogP contribution in [-0.2, 0) is 4.79 Å². The molecule has 0 radical (unpaired) electrons. The zero-order valence-corrected chi connectivity index (χ0v) is 18.0. The van der Waals surface area contributed by atoms with E-state index < -0.39 is 0 Å². The highest BCUT2D eigenvalue weighted by atomic mass is 35.5. The van der Waals surface area contributed by atoms with Crippen molar-refractivity contribution in [2.24, 2.45) is 0 Å². The van der Waals surface area contributed by atoms with Crippen LogP contribution in [0.25, 0.3) is 0 Å². The highest BCUT2D eigenvalue weighted by Crippen LogP contribution is 2.21. The molecule has 3 rings (SSSR count). The van der Waals surface area contributed by atoms with Crippen LogP contribution in [0.2, 0.25) is 0 Å². The Morgan fingerprint density at radius 3 is 2.60 bits per heavy atom. The Labute approximate surface area is 183 Å². The van der Waals surface area contributed by atoms with Gasteiger partial charge in [-0.1, -0.05) is 6.07 Å². The van der Waals surface area contributed by atoms with Crippen LogP contribution in [0.3, 0.4) is 0 Å². The third-order valence-electron chi connectivity index (χ3n) is 4.90. The van der Waals surface area contributed by atoms with E-state index in [2.05, 4.69) is 10.6 Å². The topological polar surface area (TPSA) is 79.9 Å². The van der Waals surface area contributed by atoms with Gasteiger partial charge in [0.15, 0.2) is 6.61 Å². The van der Waals surface area contributed by atoms with E-state index in [-0.39, 0.29) is 36.9 Å². The van der Waals surface area contributed by atoms with Gasteiger partial charge in [-0.2, -0.15) is 0 Å². The minimum atomic E-state index is -0.273. The van der Waals surface area contributed by atoms with E-state index in [0.717, 1.165) is 25.9 Å². The molecule has 0 saturated carbocycles. The molecule has 0 spiro atoms. The average molecular weight is 434 g/mol. The summed E-state index contributed by atoms with van der Waals surface area (Å²) in [7, 11) is 3.47. The standard InChI is InChI=1S/C22H27N3O4.ClH/c1-23-14-18-6-4-12-25(18)22(27)16-8-10-19(11-9-16)29-15-21(26)24-17-5-3-7-20(13-17)28-2;/h3,5,7-11,13,18,23H,4,6,12,14-15H2,1-2H3,(H,24,26);1H. The number of carbonyl (C=O) groups excluding carboxylic acids is 2. The smallest absolute Gasteiger partial charge is 0.262 e. The van der Waals surface area contributed by atoms with Crippen LogP contribution in [0.15, 0.2) is 48.5 Å². The van der Waals surface area contributed by atoms with E-state index in [1.54, 1.807) is 55.6 Å². The number of halogens is 1. The number of hydrogen-bond acceptors (Lipinski definition) is 5. The Morgan fingerprint density at radius 2 is 1.90 bits per heavy atom. The van der Waals surface area contributed by atoms with E-state index in [0.29, 0.717) is 22.7 Å². The third kappa shape index (κ3) is 6.11. The highest BCUT2D eigenvalue weighted by molar-refractivity contribution is 5.95. The number of hydrogen-bond donors (Lipinski definition) is 2. The van der Waals surface area contributed by atoms with Gasteiger partial charge in [-0.3, -0.25) is 9.59 Å². The fraction of sp³-hybridized carbons (Fsp3) is 0.364. The largest absolute Gasteiger partial charge is 0.497 e. The van der Waals surface area contributed by atoms with E-state index in [1.807, 2.05) is 11.9 Å². The number of rotatable bonds is 8. The van der Waals surface area contributed by atoms with Gasteiger partial charge in [-0.05, 0) is 56.3 Å². The molecule has 1 fully saturated rings. The molecule has 1 aliphatic heterocycles. The number of nitrogens with zero attached hydrogens (tertiary/aromatic N) is 1. The lowest BCUT2D eigenvalue weighted by atomic mass is 10.1. The van der Waals surface area contributed by atoms with Crippen LogP contribution in [0.5, 0.6) is 11.5 Å². The zero-order valence-electron chi connectivity index (χ0n) is 17.2. The second kappa shape index (κ2) is 11.4. The normalized spacial score (nSPS) is 15.3. The van der Waals surface area contributed by atoms with Crippen molar-refractivity contribution in [1.82, 2.24) is 10.2 Å². The number of carbonyl (C=O) groups is 2. The first-order valence-corrected chi connectivity index (χ1v) is 9.73. The minimum absolute atomic E-state index is 0. The monoisotopic (exact) mass is 433 g/mol. The summed E-state index contributed by atoms with van der Waals surface area (Å²) < 4.78 is 10.7. The summed E-state index contributed by atoms with van der Waals surface area (Å²) in [4.78, 5) is 26.8. The zero-order chi connectivity index (χ0) is 20.6. The number of benzene rings is 2.